The van der Waals surface area contributed by atoms with E-state index in [0.717, 1.165) is 55.9 Å². The Balaban J connectivity index is 1.16. The van der Waals surface area contributed by atoms with E-state index in [1.54, 1.807) is 9.47 Å². The number of H-pyrrole nitrogens is 1. The zero-order valence-electron chi connectivity index (χ0n) is 27.3. The number of rotatable bonds is 7. The fourth-order valence-corrected chi connectivity index (χ4v) is 8.56. The van der Waals surface area contributed by atoms with Crippen LogP contribution in [0.25, 0.3) is 11.0 Å². The van der Waals surface area contributed by atoms with Gasteiger partial charge in [-0.3, -0.25) is 14.2 Å². The minimum absolute atomic E-state index is 0.0113. The lowest BCUT2D eigenvalue weighted by Gasteiger charge is -2.40. The number of nitrogens with two attached hydrogens (primary N) is 1. The van der Waals surface area contributed by atoms with E-state index >= 15 is 0 Å². The first kappa shape index (κ1) is 34.5. The van der Waals surface area contributed by atoms with Gasteiger partial charge in [-0.2, -0.15) is 13.2 Å². The van der Waals surface area contributed by atoms with Crippen molar-refractivity contribution in [2.45, 2.75) is 63.6 Å². The van der Waals surface area contributed by atoms with Crippen LogP contribution >= 0.6 is 15.9 Å². The van der Waals surface area contributed by atoms with Crippen molar-refractivity contribution in [2.24, 2.45) is 17.8 Å². The number of nitrogens with one attached hydrogen (secondary N) is 1. The molecular weight excluding hydrogens is 689 g/mol. The Kier molecular flexibility index (Phi) is 10.3. The normalized spacial score (nSPS) is 20.0. The molecule has 0 unspecified atom stereocenters. The number of alkyl halides is 3. The van der Waals surface area contributed by atoms with Crippen LogP contribution in [0.3, 0.4) is 0 Å². The molecule has 3 aliphatic rings. The molecule has 0 bridgehead atoms. The number of imidazole rings is 1. The van der Waals surface area contributed by atoms with E-state index in [4.69, 9.17) is 5.73 Å². The first-order chi connectivity index (χ1) is 22.9. The average Bonchev–Trinajstić information content (AvgIpc) is 3.41. The van der Waals surface area contributed by atoms with Crippen LogP contribution in [0.15, 0.2) is 45.7 Å². The number of nitrogens with zero attached hydrogens (tertiary/aromatic N) is 4. The predicted molar refractivity (Wildman–Crippen MR) is 182 cm³/mol. The van der Waals surface area contributed by atoms with Crippen LogP contribution in [0.1, 0.15) is 62.1 Å². The number of hydrogen-bond donors (Lipinski definition) is 2. The second-order valence-corrected chi connectivity index (χ2v) is 14.7. The highest BCUT2D eigenvalue weighted by molar-refractivity contribution is 9.10. The summed E-state index contributed by atoms with van der Waals surface area (Å²) in [5, 5.41) is 0. The van der Waals surface area contributed by atoms with E-state index in [1.165, 1.54) is 6.07 Å². The third-order valence-electron chi connectivity index (χ3n) is 10.8. The number of aromatic amines is 1. The fourth-order valence-electron chi connectivity index (χ4n) is 8.06. The summed E-state index contributed by atoms with van der Waals surface area (Å²) in [4.78, 5) is 49.4. The quantitative estimate of drug-likeness (QED) is 0.304. The number of carbonyl (C=O) groups is 2. The summed E-state index contributed by atoms with van der Waals surface area (Å²) < 4.78 is 43.4. The number of amides is 2. The van der Waals surface area contributed by atoms with Gasteiger partial charge < -0.3 is 25.4 Å². The van der Waals surface area contributed by atoms with Crippen molar-refractivity contribution in [3.63, 3.8) is 0 Å². The number of para-hydroxylation sites is 2. The van der Waals surface area contributed by atoms with E-state index in [2.05, 4.69) is 32.9 Å². The van der Waals surface area contributed by atoms with Gasteiger partial charge in [0.05, 0.1) is 28.2 Å². The van der Waals surface area contributed by atoms with Crippen LogP contribution in [-0.2, 0) is 22.2 Å². The van der Waals surface area contributed by atoms with Gasteiger partial charge in [-0.05, 0) is 123 Å². The van der Waals surface area contributed by atoms with Gasteiger partial charge in [-0.1, -0.05) is 12.1 Å². The lowest BCUT2D eigenvalue weighted by Crippen LogP contribution is -2.46. The number of piperidine rings is 3. The molecule has 4 heterocycles. The molecule has 9 nitrogen and oxygen atoms in total. The maximum Gasteiger partial charge on any atom is 0.418 e. The Morgan fingerprint density at radius 3 is 2.19 bits per heavy atom. The molecule has 3 N–H and O–H groups in total. The van der Waals surface area contributed by atoms with E-state index in [0.29, 0.717) is 56.4 Å². The Hall–Kier alpha value is -3.32. The molecule has 3 aromatic rings. The van der Waals surface area contributed by atoms with Gasteiger partial charge in [-0.25, -0.2) is 4.79 Å². The molecule has 0 spiro atoms. The van der Waals surface area contributed by atoms with Crippen LogP contribution in [0.4, 0.5) is 18.9 Å². The molecule has 48 heavy (non-hydrogen) atoms. The smallest absolute Gasteiger partial charge is 0.397 e. The third kappa shape index (κ3) is 7.46. The Morgan fingerprint density at radius 2 is 1.54 bits per heavy atom. The summed E-state index contributed by atoms with van der Waals surface area (Å²) in [5.41, 5.74) is 6.11. The van der Waals surface area contributed by atoms with Crippen LogP contribution in [0, 0.1) is 17.8 Å². The fraction of sp³-hybridized carbons (Fsp3) is 0.571. The summed E-state index contributed by atoms with van der Waals surface area (Å²) in [5.74, 6) is -0.0114. The number of likely N-dealkylation sites (tertiary alicyclic amines) is 3. The van der Waals surface area contributed by atoms with Crippen LogP contribution in [0.5, 0.6) is 0 Å². The highest BCUT2D eigenvalue weighted by atomic mass is 79.9. The van der Waals surface area contributed by atoms with E-state index < -0.39 is 23.3 Å². The topological polar surface area (TPSA) is 108 Å². The first-order valence-corrected chi connectivity index (χ1v) is 17.8. The van der Waals surface area contributed by atoms with Crippen molar-refractivity contribution in [3.8, 4) is 0 Å². The van der Waals surface area contributed by atoms with Gasteiger partial charge in [-0.15, -0.1) is 0 Å². The molecule has 260 valence electrons. The SMILES string of the molecule is CN1CCC(C2CCN(C(=O)[C@H](CC(=O)N3CCC(n4c(=O)[nH]c5ccccc54)CC3)Cc3cc(Br)c(N)c(C(F)(F)F)c3)CC2)CC1. The van der Waals surface area contributed by atoms with Crippen molar-refractivity contribution < 1.29 is 22.8 Å². The van der Waals surface area contributed by atoms with E-state index in [-0.39, 0.29) is 40.9 Å². The number of aromatic nitrogens is 2. The molecule has 3 saturated heterocycles. The summed E-state index contributed by atoms with van der Waals surface area (Å²) >= 11 is 3.17. The third-order valence-corrected chi connectivity index (χ3v) is 11.5. The molecule has 13 heteroatoms. The molecular formula is C35H44BrF3N6O3. The average molecular weight is 734 g/mol. The summed E-state index contributed by atoms with van der Waals surface area (Å²) in [7, 11) is 2.14. The number of halogens is 4. The highest BCUT2D eigenvalue weighted by Crippen LogP contribution is 2.39. The molecule has 1 atom stereocenters. The molecule has 3 aliphatic heterocycles. The molecule has 0 saturated carbocycles. The highest BCUT2D eigenvalue weighted by Gasteiger charge is 2.37. The molecule has 2 aromatic carbocycles. The molecule has 0 radical (unpaired) electrons. The number of hydrogen-bond acceptors (Lipinski definition) is 5. The molecule has 1 aromatic heterocycles. The van der Waals surface area contributed by atoms with Crippen LogP contribution in [-0.4, -0.2) is 82.4 Å². The lowest BCUT2D eigenvalue weighted by molar-refractivity contribution is -0.143. The number of anilines is 1. The van der Waals surface area contributed by atoms with Crippen molar-refractivity contribution in [2.75, 3.05) is 52.0 Å². The Bertz CT molecular complexity index is 1680. The van der Waals surface area contributed by atoms with E-state index in [9.17, 15) is 27.6 Å². The monoisotopic (exact) mass is 732 g/mol. The summed E-state index contributed by atoms with van der Waals surface area (Å²) in [6.07, 6.45) is 0.492. The van der Waals surface area contributed by atoms with Crippen molar-refractivity contribution in [1.82, 2.24) is 24.3 Å². The van der Waals surface area contributed by atoms with Gasteiger partial charge in [0.15, 0.2) is 0 Å². The van der Waals surface area contributed by atoms with Gasteiger partial charge in [0, 0.05) is 43.1 Å². The zero-order chi connectivity index (χ0) is 34.2. The number of benzene rings is 2. The predicted octanol–water partition coefficient (Wildman–Crippen LogP) is 5.69. The summed E-state index contributed by atoms with van der Waals surface area (Å²) in [6.45, 7) is 4.19. The zero-order valence-corrected chi connectivity index (χ0v) is 28.9. The minimum Gasteiger partial charge on any atom is -0.397 e. The van der Waals surface area contributed by atoms with Crippen molar-refractivity contribution >= 4 is 44.5 Å². The number of fused-ring (bicyclic) bond motifs is 1. The standard InChI is InChI=1S/C35H44BrF3N6O3/c1-42-12-6-23(7-13-42)24-8-14-44(15-9-24)33(47)25(18-22-19-27(35(37,38)39)32(40)28(36)20-22)21-31(46)43-16-10-26(11-17-43)45-30-5-3-2-4-29(30)41-34(45)48/h2-5,19-20,23-26H,6-18,21,40H2,1H3,(H,41,48)/t25-/m0/s1. The number of carbonyl (C=O) groups excluding carboxylic acids is 2. The number of nitrogen functional groups attached to an aromatic ring is 1. The Labute approximate surface area is 286 Å². The van der Waals surface area contributed by atoms with Gasteiger partial charge >= 0.3 is 11.9 Å². The lowest BCUT2D eigenvalue weighted by atomic mass is 9.78. The summed E-state index contributed by atoms with van der Waals surface area (Å²) in [6, 6.07) is 9.96. The van der Waals surface area contributed by atoms with Crippen LogP contribution in [0.2, 0.25) is 0 Å². The Morgan fingerprint density at radius 1 is 0.938 bits per heavy atom. The second kappa shape index (κ2) is 14.3. The van der Waals surface area contributed by atoms with Crippen molar-refractivity contribution in [3.05, 3.63) is 62.5 Å². The molecule has 3 fully saturated rings. The molecule has 0 aliphatic carbocycles. The second-order valence-electron chi connectivity index (χ2n) is 13.9. The van der Waals surface area contributed by atoms with Crippen LogP contribution < -0.4 is 11.4 Å². The largest absolute Gasteiger partial charge is 0.418 e. The first-order valence-electron chi connectivity index (χ1n) is 17.0. The van der Waals surface area contributed by atoms with Gasteiger partial charge in [0.1, 0.15) is 0 Å². The molecule has 6 rings (SSSR count). The minimum atomic E-state index is -4.66. The van der Waals surface area contributed by atoms with Gasteiger partial charge in [0.2, 0.25) is 11.8 Å². The maximum atomic E-state index is 14.1. The maximum absolute atomic E-state index is 14.1. The van der Waals surface area contributed by atoms with E-state index in [1.807, 2.05) is 29.2 Å². The molecule has 2 amide bonds. The van der Waals surface area contributed by atoms with Crippen molar-refractivity contribution in [1.29, 1.82) is 0 Å². The van der Waals surface area contributed by atoms with Gasteiger partial charge in [0.25, 0.3) is 0 Å².